The number of thiophene rings is 1. The van der Waals surface area contributed by atoms with Gasteiger partial charge in [-0.15, -0.1) is 11.3 Å². The molecule has 0 unspecified atom stereocenters. The highest BCUT2D eigenvalue weighted by Gasteiger charge is 2.38. The normalized spacial score (nSPS) is 14.8. The lowest BCUT2D eigenvalue weighted by Gasteiger charge is -2.32. The van der Waals surface area contributed by atoms with Gasteiger partial charge in [0.05, 0.1) is 22.2 Å². The van der Waals surface area contributed by atoms with Crippen molar-refractivity contribution in [1.82, 2.24) is 9.55 Å². The first-order valence-corrected chi connectivity index (χ1v) is 11.7. The zero-order valence-electron chi connectivity index (χ0n) is 16.5. The molecule has 3 aromatic heterocycles. The Labute approximate surface area is 185 Å². The molecule has 0 saturated heterocycles. The second-order valence-electron chi connectivity index (χ2n) is 8.61. The summed E-state index contributed by atoms with van der Waals surface area (Å²) < 4.78 is 4.95. The van der Waals surface area contributed by atoms with Gasteiger partial charge >= 0.3 is 0 Å². The molecule has 0 spiro atoms. The Kier molecular flexibility index (Phi) is 3.13. The van der Waals surface area contributed by atoms with E-state index in [1.807, 2.05) is 23.6 Å². The molecule has 6 aromatic rings. The van der Waals surface area contributed by atoms with Crippen LogP contribution in [-0.4, -0.2) is 9.55 Å². The zero-order valence-corrected chi connectivity index (χ0v) is 18.9. The van der Waals surface area contributed by atoms with Crippen LogP contribution in [-0.2, 0) is 5.41 Å². The van der Waals surface area contributed by atoms with Crippen LogP contribution >= 0.6 is 27.3 Å². The summed E-state index contributed by atoms with van der Waals surface area (Å²) in [5.74, 6) is 0. The van der Waals surface area contributed by atoms with Crippen molar-refractivity contribution in [3.8, 4) is 5.69 Å². The van der Waals surface area contributed by atoms with Crippen molar-refractivity contribution in [2.24, 2.45) is 0 Å². The number of halogens is 1. The van der Waals surface area contributed by atoms with Crippen molar-refractivity contribution in [2.45, 2.75) is 19.3 Å². The molecule has 4 heterocycles. The molecule has 0 atom stereocenters. The summed E-state index contributed by atoms with van der Waals surface area (Å²) in [7, 11) is 0. The molecule has 0 aliphatic carbocycles. The van der Waals surface area contributed by atoms with E-state index in [0.29, 0.717) is 0 Å². The molecule has 30 heavy (non-hydrogen) atoms. The Bertz CT molecular complexity index is 1690. The van der Waals surface area contributed by atoms with Crippen LogP contribution in [0.4, 0.5) is 0 Å². The average molecular weight is 469 g/mol. The van der Waals surface area contributed by atoms with Crippen LogP contribution in [0.3, 0.4) is 0 Å². The van der Waals surface area contributed by atoms with E-state index in [0.717, 1.165) is 9.99 Å². The van der Waals surface area contributed by atoms with Gasteiger partial charge in [0.25, 0.3) is 0 Å². The summed E-state index contributed by atoms with van der Waals surface area (Å²) >= 11 is 5.61. The van der Waals surface area contributed by atoms with E-state index < -0.39 is 0 Å². The monoisotopic (exact) mass is 468 g/mol. The van der Waals surface area contributed by atoms with Crippen molar-refractivity contribution in [2.75, 3.05) is 0 Å². The molecule has 1 aliphatic rings. The minimum absolute atomic E-state index is 0.0608. The van der Waals surface area contributed by atoms with Gasteiger partial charge in [0.1, 0.15) is 0 Å². The first-order chi connectivity index (χ1) is 14.6. The predicted octanol–water partition coefficient (Wildman–Crippen LogP) is 7.95. The number of aromatic nitrogens is 2. The number of para-hydroxylation sites is 1. The first-order valence-electron chi connectivity index (χ1n) is 10.1. The fourth-order valence-corrected chi connectivity index (χ4v) is 6.95. The Morgan fingerprint density at radius 1 is 0.933 bits per heavy atom. The molecule has 0 fully saturated rings. The Balaban J connectivity index is 1.82. The minimum atomic E-state index is -0.0608. The summed E-state index contributed by atoms with van der Waals surface area (Å²) in [6.07, 6.45) is 1.88. The molecular weight excluding hydrogens is 452 g/mol. The van der Waals surface area contributed by atoms with E-state index in [9.17, 15) is 0 Å². The quantitative estimate of drug-likeness (QED) is 0.221. The van der Waals surface area contributed by atoms with Crippen LogP contribution in [0, 0.1) is 0 Å². The highest BCUT2D eigenvalue weighted by atomic mass is 79.9. The zero-order chi connectivity index (χ0) is 20.2. The molecular formula is C26H17BrN2S. The SMILES string of the molecule is CC1(C)c2sc3ccc4ncccc4c3c2-n2c3ccc(Br)cc3c3cccc1c32. The van der Waals surface area contributed by atoms with Crippen LogP contribution in [0.2, 0.25) is 0 Å². The summed E-state index contributed by atoms with van der Waals surface area (Å²) in [5, 5.41) is 5.17. The highest BCUT2D eigenvalue weighted by molar-refractivity contribution is 9.10. The maximum absolute atomic E-state index is 4.64. The molecule has 0 amide bonds. The molecule has 2 nitrogen and oxygen atoms in total. The fourth-order valence-electron chi connectivity index (χ4n) is 5.27. The number of rotatable bonds is 0. The number of hydrogen-bond acceptors (Lipinski definition) is 2. The van der Waals surface area contributed by atoms with E-state index in [1.54, 1.807) is 0 Å². The van der Waals surface area contributed by atoms with Crippen LogP contribution in [0.15, 0.2) is 71.3 Å². The number of benzene rings is 3. The third kappa shape index (κ3) is 1.92. The lowest BCUT2D eigenvalue weighted by Crippen LogP contribution is -2.24. The van der Waals surface area contributed by atoms with E-state index in [2.05, 4.69) is 93.9 Å². The molecule has 0 bridgehead atoms. The second-order valence-corrected chi connectivity index (χ2v) is 10.6. The molecule has 0 N–H and O–H groups in total. The van der Waals surface area contributed by atoms with Gasteiger partial charge in [-0.1, -0.05) is 54.0 Å². The minimum Gasteiger partial charge on any atom is -0.307 e. The van der Waals surface area contributed by atoms with Crippen LogP contribution in [0.5, 0.6) is 0 Å². The van der Waals surface area contributed by atoms with Gasteiger partial charge < -0.3 is 4.57 Å². The van der Waals surface area contributed by atoms with Gasteiger partial charge in [-0.05, 0) is 42.0 Å². The first kappa shape index (κ1) is 17.0. The van der Waals surface area contributed by atoms with E-state index in [4.69, 9.17) is 0 Å². The molecule has 144 valence electrons. The van der Waals surface area contributed by atoms with Gasteiger partial charge in [-0.3, -0.25) is 4.98 Å². The molecule has 4 heteroatoms. The van der Waals surface area contributed by atoms with Gasteiger partial charge in [-0.2, -0.15) is 0 Å². The van der Waals surface area contributed by atoms with Crippen LogP contribution < -0.4 is 0 Å². The Morgan fingerprint density at radius 3 is 2.70 bits per heavy atom. The van der Waals surface area contributed by atoms with Crippen LogP contribution in [0.25, 0.3) is 48.5 Å². The van der Waals surface area contributed by atoms with Crippen molar-refractivity contribution in [3.05, 3.63) is 81.8 Å². The maximum Gasteiger partial charge on any atom is 0.0709 e. The maximum atomic E-state index is 4.64. The third-order valence-corrected chi connectivity index (χ3v) is 8.59. The average Bonchev–Trinajstić information content (AvgIpc) is 3.29. The molecule has 1 aliphatic heterocycles. The lowest BCUT2D eigenvalue weighted by molar-refractivity contribution is 0.647. The highest BCUT2D eigenvalue weighted by Crippen LogP contribution is 2.53. The van der Waals surface area contributed by atoms with Gasteiger partial charge in [0.15, 0.2) is 0 Å². The van der Waals surface area contributed by atoms with Gasteiger partial charge in [-0.25, -0.2) is 0 Å². The largest absolute Gasteiger partial charge is 0.307 e. The summed E-state index contributed by atoms with van der Waals surface area (Å²) in [6, 6.07) is 22.1. The number of hydrogen-bond donors (Lipinski definition) is 0. The summed E-state index contributed by atoms with van der Waals surface area (Å²) in [4.78, 5) is 6.07. The van der Waals surface area contributed by atoms with Crippen molar-refractivity contribution in [3.63, 3.8) is 0 Å². The van der Waals surface area contributed by atoms with Crippen LogP contribution in [0.1, 0.15) is 24.3 Å². The smallest absolute Gasteiger partial charge is 0.0709 e. The van der Waals surface area contributed by atoms with E-state index >= 15 is 0 Å². The summed E-state index contributed by atoms with van der Waals surface area (Å²) in [5.41, 5.74) is 6.32. The number of nitrogens with zero attached hydrogens (tertiary/aromatic N) is 2. The molecule has 7 rings (SSSR count). The predicted molar refractivity (Wildman–Crippen MR) is 131 cm³/mol. The lowest BCUT2D eigenvalue weighted by atomic mass is 9.79. The van der Waals surface area contributed by atoms with Crippen molar-refractivity contribution < 1.29 is 0 Å². The second kappa shape index (κ2) is 5.51. The van der Waals surface area contributed by atoms with Gasteiger partial charge in [0, 0.05) is 47.2 Å². The molecule has 3 aromatic carbocycles. The van der Waals surface area contributed by atoms with E-state index in [1.165, 1.54) is 53.4 Å². The number of pyridine rings is 1. The van der Waals surface area contributed by atoms with Crippen molar-refractivity contribution >= 4 is 70.1 Å². The van der Waals surface area contributed by atoms with Crippen molar-refractivity contribution in [1.29, 1.82) is 0 Å². The van der Waals surface area contributed by atoms with E-state index in [-0.39, 0.29) is 5.41 Å². The third-order valence-electron chi connectivity index (χ3n) is 6.62. The standard InChI is InChI=1S/C26H17BrN2S/c1-26(2)18-7-3-5-15-17-13-14(27)8-10-20(17)29(23(15)18)24-22-16-6-4-12-28-19(16)9-11-21(22)30-25(24)26/h3-13H,1-2H3. The summed E-state index contributed by atoms with van der Waals surface area (Å²) in [6.45, 7) is 4.74. The van der Waals surface area contributed by atoms with Gasteiger partial charge in [0.2, 0.25) is 0 Å². The Morgan fingerprint density at radius 2 is 1.80 bits per heavy atom. The topological polar surface area (TPSA) is 17.8 Å². The molecule has 0 radical (unpaired) electrons. The number of fused-ring (bicyclic) bond motifs is 9. The Hall–Kier alpha value is -2.69. The fraction of sp³-hybridized carbons (Fsp3) is 0.115. The molecule has 0 saturated carbocycles.